The van der Waals surface area contributed by atoms with Crippen LogP contribution in [0.25, 0.3) is 22.1 Å². The van der Waals surface area contributed by atoms with Crippen LogP contribution in [0.5, 0.6) is 0 Å². The number of furan rings is 1. The lowest BCUT2D eigenvalue weighted by Crippen LogP contribution is -2.61. The first-order valence-corrected chi connectivity index (χ1v) is 28.5. The topological polar surface area (TPSA) is 19.6 Å². The van der Waals surface area contributed by atoms with Crippen LogP contribution in [0.4, 0.5) is 34.3 Å². The number of nitrogens with zero attached hydrogens (tertiary/aromatic N) is 2. The van der Waals surface area contributed by atoms with E-state index in [4.69, 9.17) is 4.42 Å². The van der Waals surface area contributed by atoms with Gasteiger partial charge in [-0.2, -0.15) is 0 Å². The van der Waals surface area contributed by atoms with Crippen LogP contribution in [-0.2, 0) is 37.9 Å². The van der Waals surface area contributed by atoms with Crippen LogP contribution >= 0.6 is 0 Å². The Hall–Kier alpha value is -5.48. The second kappa shape index (κ2) is 15.1. The summed E-state index contributed by atoms with van der Waals surface area (Å²) in [5.41, 5.74) is 30.1. The van der Waals surface area contributed by atoms with Crippen molar-refractivity contribution < 1.29 is 4.42 Å². The number of hydrogen-bond acceptors (Lipinski definition) is 3. The fourth-order valence-corrected chi connectivity index (χ4v) is 15.9. The Labute approximate surface area is 444 Å². The van der Waals surface area contributed by atoms with Crippen molar-refractivity contribution in [2.24, 2.45) is 0 Å². The first kappa shape index (κ1) is 48.2. The molecule has 0 unspecified atom stereocenters. The highest BCUT2D eigenvalue weighted by atomic mass is 16.4. The molecule has 1 saturated carbocycles. The maximum absolute atomic E-state index is 7.80. The third-order valence-electron chi connectivity index (χ3n) is 20.9. The van der Waals surface area contributed by atoms with Crippen molar-refractivity contribution in [2.75, 3.05) is 9.80 Å². The molecule has 0 atom stereocenters. The molecule has 6 aromatic carbocycles. The summed E-state index contributed by atoms with van der Waals surface area (Å²) in [6.45, 7) is 41.2. The fraction of sp³-hybridized carbons (Fsp3) is 0.457. The zero-order chi connectivity index (χ0) is 52.4. The summed E-state index contributed by atoms with van der Waals surface area (Å²) in [5.74, 6) is 0.984. The van der Waals surface area contributed by atoms with Crippen molar-refractivity contribution in [1.29, 1.82) is 0 Å². The Morgan fingerprint density at radius 3 is 1.58 bits per heavy atom. The second-order valence-corrected chi connectivity index (χ2v) is 29.1. The van der Waals surface area contributed by atoms with E-state index in [-0.39, 0.29) is 44.6 Å². The molecule has 2 bridgehead atoms. The normalized spacial score (nSPS) is 23.2. The van der Waals surface area contributed by atoms with Gasteiger partial charge in [0, 0.05) is 39.3 Å². The minimum absolute atomic E-state index is 0.0214. The van der Waals surface area contributed by atoms with Gasteiger partial charge >= 0.3 is 0 Å². The van der Waals surface area contributed by atoms with Crippen LogP contribution < -0.4 is 26.2 Å². The van der Waals surface area contributed by atoms with E-state index in [9.17, 15) is 0 Å². The van der Waals surface area contributed by atoms with Gasteiger partial charge in [-0.3, -0.25) is 4.90 Å². The van der Waals surface area contributed by atoms with Crippen molar-refractivity contribution >= 4 is 68.4 Å². The van der Waals surface area contributed by atoms with E-state index in [1.54, 1.807) is 5.56 Å². The second-order valence-electron chi connectivity index (χ2n) is 29.1. The molecule has 1 fully saturated rings. The van der Waals surface area contributed by atoms with Crippen LogP contribution in [0, 0.1) is 27.7 Å². The van der Waals surface area contributed by atoms with Gasteiger partial charge in [-0.1, -0.05) is 132 Å². The Balaban J connectivity index is 1.21. The summed E-state index contributed by atoms with van der Waals surface area (Å²) in [7, 11) is 0. The monoisotopic (exact) mass is 977 g/mol. The zero-order valence-corrected chi connectivity index (χ0v) is 48.1. The Kier molecular flexibility index (Phi) is 9.85. The van der Waals surface area contributed by atoms with Gasteiger partial charge in [0.15, 0.2) is 0 Å². The van der Waals surface area contributed by atoms with Crippen molar-refractivity contribution in [3.8, 4) is 11.1 Å². The van der Waals surface area contributed by atoms with Crippen LogP contribution in [0.3, 0.4) is 0 Å². The predicted molar refractivity (Wildman–Crippen MR) is 317 cm³/mol. The van der Waals surface area contributed by atoms with Crippen LogP contribution in [0.2, 0.25) is 0 Å². The van der Waals surface area contributed by atoms with Gasteiger partial charge in [0.25, 0.3) is 6.71 Å². The van der Waals surface area contributed by atoms with Gasteiger partial charge in [-0.05, 0) is 243 Å². The average molecular weight is 977 g/mol. The zero-order valence-electron chi connectivity index (χ0n) is 48.1. The minimum atomic E-state index is -0.0662. The Morgan fingerprint density at radius 1 is 0.459 bits per heavy atom. The molecule has 7 aromatic rings. The number of benzene rings is 6. The molecule has 1 aromatic heterocycles. The SMILES string of the molecule is Cc1cc(C)c(-c2cc3c4c(c2)N(c2ccc5c(c2)C(C)(C)CCC5(C)C)c2oc5cc6c(cc5c2B4c2cc4c(cc2N3c2ccc(C(C)(C)C)cc2C)C(C)(C)CCC4(C)C)C2(C)CCC6(C)CC2)c(C)c1. The largest absolute Gasteiger partial charge is 0.440 e. The van der Waals surface area contributed by atoms with Gasteiger partial charge in [0.2, 0.25) is 5.88 Å². The van der Waals surface area contributed by atoms with E-state index in [0.717, 1.165) is 30.7 Å². The molecule has 0 saturated heterocycles. The van der Waals surface area contributed by atoms with Gasteiger partial charge in [0.1, 0.15) is 5.58 Å². The fourth-order valence-electron chi connectivity index (χ4n) is 15.9. The van der Waals surface area contributed by atoms with Crippen molar-refractivity contribution in [1.82, 2.24) is 0 Å². The summed E-state index contributed by atoms with van der Waals surface area (Å²) in [4.78, 5) is 5.33. The molecule has 0 amide bonds. The van der Waals surface area contributed by atoms with Crippen LogP contribution in [0.15, 0.2) is 89.3 Å². The lowest BCUT2D eigenvalue weighted by atomic mass is 9.33. The molecule has 74 heavy (non-hydrogen) atoms. The third-order valence-corrected chi connectivity index (χ3v) is 20.9. The number of rotatable bonds is 3. The van der Waals surface area contributed by atoms with Gasteiger partial charge in [0.05, 0.1) is 0 Å². The lowest BCUT2D eigenvalue weighted by molar-refractivity contribution is 0.188. The van der Waals surface area contributed by atoms with E-state index in [0.29, 0.717) is 0 Å². The van der Waals surface area contributed by atoms with Gasteiger partial charge < -0.3 is 9.32 Å². The molecular formula is C70H81BN2O. The quantitative estimate of drug-likeness (QED) is 0.165. The molecule has 3 nitrogen and oxygen atoms in total. The Morgan fingerprint density at radius 2 is 1.00 bits per heavy atom. The molecule has 3 heterocycles. The smallest absolute Gasteiger partial charge is 0.257 e. The van der Waals surface area contributed by atoms with Crippen molar-refractivity contribution in [3.05, 3.63) is 146 Å². The van der Waals surface area contributed by atoms with Gasteiger partial charge in [-0.15, -0.1) is 0 Å². The minimum Gasteiger partial charge on any atom is -0.440 e. The van der Waals surface area contributed by atoms with E-state index in [2.05, 4.69) is 212 Å². The molecule has 4 heteroatoms. The predicted octanol–water partition coefficient (Wildman–Crippen LogP) is 17.5. The first-order valence-electron chi connectivity index (χ1n) is 28.5. The van der Waals surface area contributed by atoms with Crippen molar-refractivity contribution in [3.63, 3.8) is 0 Å². The number of aryl methyl sites for hydroxylation is 4. The molecular weight excluding hydrogens is 896 g/mol. The Bertz CT molecular complexity index is 3570. The molecule has 0 radical (unpaired) electrons. The summed E-state index contributed by atoms with van der Waals surface area (Å²) in [6.07, 6.45) is 9.63. The molecule has 0 N–H and O–H groups in total. The van der Waals surface area contributed by atoms with E-state index < -0.39 is 0 Å². The van der Waals surface area contributed by atoms with E-state index >= 15 is 0 Å². The maximum Gasteiger partial charge on any atom is 0.257 e. The summed E-state index contributed by atoms with van der Waals surface area (Å²) >= 11 is 0. The molecule has 7 aliphatic rings. The average Bonchev–Trinajstić information content (AvgIpc) is 3.75. The van der Waals surface area contributed by atoms with E-state index in [1.807, 2.05) is 0 Å². The number of fused-ring (bicyclic) bond motifs is 10. The molecule has 5 aliphatic carbocycles. The highest BCUT2D eigenvalue weighted by molar-refractivity contribution is 7.01. The van der Waals surface area contributed by atoms with Crippen LogP contribution in [-0.4, -0.2) is 6.71 Å². The molecule has 2 aliphatic heterocycles. The van der Waals surface area contributed by atoms with Gasteiger partial charge in [-0.25, -0.2) is 0 Å². The first-order chi connectivity index (χ1) is 34.6. The summed E-state index contributed by atoms with van der Waals surface area (Å²) < 4.78 is 7.80. The standard InChI is InChI=1S/C70H81BN2O/c1-40-30-42(3)60(43(4)31-40)44-33-57-62-58(34-44)73(55-21-18-45(32-41(55)2)64(5,6)7)56-38-51-50(67(12,13)24-25-68(51,14)15)37-54(56)71(62)61-47-36-52-53(70(17)28-26-69(52,16)27-29-70)39-59(47)74-63(61)72(57)46-19-20-48-49(35-46)66(10,11)23-22-65(48,8)9/h18-21,30-39H,22-29H2,1-17H3. The lowest BCUT2D eigenvalue weighted by Gasteiger charge is -2.52. The summed E-state index contributed by atoms with van der Waals surface area (Å²) in [5, 5.41) is 1.29. The molecule has 0 spiro atoms. The molecule has 380 valence electrons. The van der Waals surface area contributed by atoms with Crippen LogP contribution in [0.1, 0.15) is 203 Å². The number of hydrogen-bond donors (Lipinski definition) is 0. The molecule has 14 rings (SSSR count). The highest BCUT2D eigenvalue weighted by Crippen LogP contribution is 2.59. The highest BCUT2D eigenvalue weighted by Gasteiger charge is 2.52. The van der Waals surface area contributed by atoms with E-state index in [1.165, 1.54) is 149 Å². The summed E-state index contributed by atoms with van der Waals surface area (Å²) in [6, 6.07) is 35.3. The number of anilines is 6. The third kappa shape index (κ3) is 6.70. The van der Waals surface area contributed by atoms with Crippen molar-refractivity contribution in [2.45, 2.75) is 207 Å². The maximum atomic E-state index is 7.80.